The molecule has 0 aromatic carbocycles. The SMILES string of the molecule is CCc1cnc(N2CC[C@]3(CC(=O)N(Cc4csc(C)n4)C3)C2)nc1. The van der Waals surface area contributed by atoms with Crippen LogP contribution in [0.1, 0.15) is 36.0 Å². The number of anilines is 1. The zero-order valence-electron chi connectivity index (χ0n) is 14.7. The van der Waals surface area contributed by atoms with E-state index in [4.69, 9.17) is 0 Å². The molecule has 0 radical (unpaired) electrons. The Balaban J connectivity index is 1.43. The summed E-state index contributed by atoms with van der Waals surface area (Å²) in [7, 11) is 0. The topological polar surface area (TPSA) is 62.2 Å². The number of thiazole rings is 1. The van der Waals surface area contributed by atoms with Crippen LogP contribution in [0, 0.1) is 12.3 Å². The third-order valence-corrected chi connectivity index (χ3v) is 6.07. The molecule has 2 saturated heterocycles. The summed E-state index contributed by atoms with van der Waals surface area (Å²) in [6.45, 7) is 7.32. The third kappa shape index (κ3) is 3.25. The van der Waals surface area contributed by atoms with Gasteiger partial charge in [-0.1, -0.05) is 6.92 Å². The molecule has 2 aromatic heterocycles. The molecule has 132 valence electrons. The minimum Gasteiger partial charge on any atom is -0.340 e. The van der Waals surface area contributed by atoms with E-state index in [1.807, 2.05) is 24.2 Å². The lowest BCUT2D eigenvalue weighted by Gasteiger charge is -2.24. The minimum absolute atomic E-state index is 0.0366. The number of likely N-dealkylation sites (tertiary alicyclic amines) is 1. The normalized spacial score (nSPS) is 23.2. The summed E-state index contributed by atoms with van der Waals surface area (Å²) in [4.78, 5) is 30.2. The lowest BCUT2D eigenvalue weighted by atomic mass is 9.86. The predicted molar refractivity (Wildman–Crippen MR) is 97.6 cm³/mol. The van der Waals surface area contributed by atoms with Crippen LogP contribution in [0.3, 0.4) is 0 Å². The molecule has 2 aliphatic rings. The van der Waals surface area contributed by atoms with Crippen molar-refractivity contribution in [3.05, 3.63) is 34.0 Å². The van der Waals surface area contributed by atoms with Gasteiger partial charge in [0.2, 0.25) is 11.9 Å². The van der Waals surface area contributed by atoms with Gasteiger partial charge >= 0.3 is 0 Å². The van der Waals surface area contributed by atoms with E-state index >= 15 is 0 Å². The van der Waals surface area contributed by atoms with Crippen molar-refractivity contribution >= 4 is 23.2 Å². The van der Waals surface area contributed by atoms with E-state index in [2.05, 4.69) is 32.2 Å². The quantitative estimate of drug-likeness (QED) is 0.841. The largest absolute Gasteiger partial charge is 0.340 e. The Kier molecular flexibility index (Phi) is 4.19. The smallest absolute Gasteiger partial charge is 0.225 e. The second-order valence-corrected chi connectivity index (χ2v) is 8.26. The molecule has 1 atom stereocenters. The Hall–Kier alpha value is -2.02. The molecular weight excluding hydrogens is 334 g/mol. The Labute approximate surface area is 151 Å². The first-order valence-corrected chi connectivity index (χ1v) is 9.69. The van der Waals surface area contributed by atoms with Crippen LogP contribution in [-0.2, 0) is 17.8 Å². The van der Waals surface area contributed by atoms with E-state index in [9.17, 15) is 4.79 Å². The highest BCUT2D eigenvalue weighted by Gasteiger charge is 2.47. The molecule has 0 unspecified atom stereocenters. The summed E-state index contributed by atoms with van der Waals surface area (Å²) in [5.74, 6) is 1.03. The third-order valence-electron chi connectivity index (χ3n) is 5.25. The second kappa shape index (κ2) is 6.37. The van der Waals surface area contributed by atoms with E-state index in [0.717, 1.165) is 54.7 Å². The van der Waals surface area contributed by atoms with Gasteiger partial charge in [-0.25, -0.2) is 15.0 Å². The highest BCUT2D eigenvalue weighted by Crippen LogP contribution is 2.41. The Morgan fingerprint density at radius 2 is 2.08 bits per heavy atom. The van der Waals surface area contributed by atoms with Gasteiger partial charge in [0.05, 0.1) is 17.2 Å². The van der Waals surface area contributed by atoms with Gasteiger partial charge in [-0.2, -0.15) is 0 Å². The summed E-state index contributed by atoms with van der Waals surface area (Å²) in [6, 6.07) is 0. The maximum Gasteiger partial charge on any atom is 0.225 e. The van der Waals surface area contributed by atoms with Crippen molar-refractivity contribution in [1.29, 1.82) is 0 Å². The van der Waals surface area contributed by atoms with E-state index in [-0.39, 0.29) is 11.3 Å². The second-order valence-electron chi connectivity index (χ2n) is 7.20. The monoisotopic (exact) mass is 357 g/mol. The van der Waals surface area contributed by atoms with Crippen LogP contribution in [-0.4, -0.2) is 45.4 Å². The number of rotatable bonds is 4. The summed E-state index contributed by atoms with van der Waals surface area (Å²) in [5, 5.41) is 3.11. The van der Waals surface area contributed by atoms with Gasteiger partial charge in [-0.15, -0.1) is 11.3 Å². The molecule has 25 heavy (non-hydrogen) atoms. The van der Waals surface area contributed by atoms with Crippen LogP contribution in [0.5, 0.6) is 0 Å². The first-order valence-electron chi connectivity index (χ1n) is 8.81. The van der Waals surface area contributed by atoms with Crippen LogP contribution >= 0.6 is 11.3 Å². The number of nitrogens with zero attached hydrogens (tertiary/aromatic N) is 5. The Morgan fingerprint density at radius 1 is 1.28 bits per heavy atom. The number of hydrogen-bond donors (Lipinski definition) is 0. The van der Waals surface area contributed by atoms with E-state index in [1.54, 1.807) is 11.3 Å². The molecular formula is C18H23N5OS. The molecule has 4 heterocycles. The van der Waals surface area contributed by atoms with Crippen LogP contribution in [0.2, 0.25) is 0 Å². The summed E-state index contributed by atoms with van der Waals surface area (Å²) < 4.78 is 0. The van der Waals surface area contributed by atoms with Gasteiger partial charge in [-0.05, 0) is 25.3 Å². The number of carbonyl (C=O) groups excluding carboxylic acids is 1. The van der Waals surface area contributed by atoms with Gasteiger partial charge in [0.15, 0.2) is 0 Å². The van der Waals surface area contributed by atoms with Gasteiger partial charge in [0.25, 0.3) is 0 Å². The molecule has 0 bridgehead atoms. The zero-order chi connectivity index (χ0) is 17.4. The van der Waals surface area contributed by atoms with Gasteiger partial charge < -0.3 is 9.80 Å². The average Bonchev–Trinajstić information content (AvgIpc) is 3.29. The number of hydrogen-bond acceptors (Lipinski definition) is 6. The Morgan fingerprint density at radius 3 is 2.76 bits per heavy atom. The maximum atomic E-state index is 12.5. The lowest BCUT2D eigenvalue weighted by Crippen LogP contribution is -2.31. The fourth-order valence-electron chi connectivity index (χ4n) is 3.88. The summed E-state index contributed by atoms with van der Waals surface area (Å²) in [5.41, 5.74) is 2.19. The molecule has 0 aliphatic carbocycles. The molecule has 4 rings (SSSR count). The standard InChI is InChI=1S/C18H23N5OS/c1-3-14-7-19-17(20-8-14)22-5-4-18(11-22)6-16(24)23(12-18)9-15-10-25-13(2)21-15/h7-8,10H,3-6,9,11-12H2,1-2H3/t18-/m0/s1. The van der Waals surface area contributed by atoms with Crippen molar-refractivity contribution in [2.75, 3.05) is 24.5 Å². The van der Waals surface area contributed by atoms with Crippen molar-refractivity contribution in [3.8, 4) is 0 Å². The minimum atomic E-state index is 0.0366. The fraction of sp³-hybridized carbons (Fsp3) is 0.556. The highest BCUT2D eigenvalue weighted by atomic mass is 32.1. The number of amides is 1. The van der Waals surface area contributed by atoms with Crippen molar-refractivity contribution < 1.29 is 4.79 Å². The van der Waals surface area contributed by atoms with Gasteiger partial charge in [-0.3, -0.25) is 4.79 Å². The predicted octanol–water partition coefficient (Wildman–Crippen LogP) is 2.43. The molecule has 0 N–H and O–H groups in total. The molecule has 1 amide bonds. The molecule has 0 saturated carbocycles. The maximum absolute atomic E-state index is 12.5. The van der Waals surface area contributed by atoms with Crippen molar-refractivity contribution in [2.24, 2.45) is 5.41 Å². The molecule has 2 aromatic rings. The van der Waals surface area contributed by atoms with Crippen molar-refractivity contribution in [3.63, 3.8) is 0 Å². The van der Waals surface area contributed by atoms with Crippen molar-refractivity contribution in [1.82, 2.24) is 19.9 Å². The number of aromatic nitrogens is 3. The highest BCUT2D eigenvalue weighted by molar-refractivity contribution is 7.09. The van der Waals surface area contributed by atoms with Gasteiger partial charge in [0.1, 0.15) is 0 Å². The van der Waals surface area contributed by atoms with Gasteiger partial charge in [0, 0.05) is 49.2 Å². The molecule has 1 spiro atoms. The molecule has 2 aliphatic heterocycles. The molecule has 7 heteroatoms. The Bertz CT molecular complexity index is 774. The summed E-state index contributed by atoms with van der Waals surface area (Å²) >= 11 is 1.64. The first-order chi connectivity index (χ1) is 12.1. The zero-order valence-corrected chi connectivity index (χ0v) is 15.6. The summed E-state index contributed by atoms with van der Waals surface area (Å²) in [6.07, 6.45) is 6.40. The van der Waals surface area contributed by atoms with Crippen LogP contribution in [0.15, 0.2) is 17.8 Å². The van der Waals surface area contributed by atoms with Crippen LogP contribution in [0.25, 0.3) is 0 Å². The number of carbonyl (C=O) groups is 1. The van der Waals surface area contributed by atoms with Crippen LogP contribution in [0.4, 0.5) is 5.95 Å². The molecule has 6 nitrogen and oxygen atoms in total. The van der Waals surface area contributed by atoms with E-state index < -0.39 is 0 Å². The van der Waals surface area contributed by atoms with E-state index in [0.29, 0.717) is 13.0 Å². The molecule has 2 fully saturated rings. The lowest BCUT2D eigenvalue weighted by molar-refractivity contribution is -0.128. The fourth-order valence-corrected chi connectivity index (χ4v) is 4.48. The van der Waals surface area contributed by atoms with Crippen molar-refractivity contribution in [2.45, 2.75) is 39.7 Å². The average molecular weight is 357 g/mol. The van der Waals surface area contributed by atoms with Crippen LogP contribution < -0.4 is 4.90 Å². The number of aryl methyl sites for hydroxylation is 2. The first kappa shape index (κ1) is 16.4. The van der Waals surface area contributed by atoms with E-state index in [1.165, 1.54) is 0 Å².